The minimum absolute atomic E-state index is 0.639. The van der Waals surface area contributed by atoms with Crippen molar-refractivity contribution >= 4 is 11.8 Å². The number of rotatable bonds is 1. The number of halogens is 1. The molecule has 0 aliphatic heterocycles. The minimum Gasteiger partial charge on any atom is -0.316 e. The third-order valence-corrected chi connectivity index (χ3v) is 1.39. The Bertz CT molecular complexity index is 271. The van der Waals surface area contributed by atoms with Crippen LogP contribution in [0.5, 0.6) is 0 Å². The maximum Gasteiger partial charge on any atom is 0.279 e. The summed E-state index contributed by atoms with van der Waals surface area (Å²) in [6, 6.07) is 7.23. The highest BCUT2D eigenvalue weighted by Crippen LogP contribution is 2.12. The van der Waals surface area contributed by atoms with Gasteiger partial charge in [0.2, 0.25) is 0 Å². The van der Waals surface area contributed by atoms with Gasteiger partial charge in [0.15, 0.2) is 0 Å². The fourth-order valence-electron chi connectivity index (χ4n) is 0.831. The number of anilines is 1. The molecular formula is C8H9FN2. The number of para-hydroxylation sites is 1. The lowest BCUT2D eigenvalue weighted by atomic mass is 10.2. The number of amidine groups is 1. The molecule has 0 aliphatic rings. The molecule has 0 radical (unpaired) electrons. The van der Waals surface area contributed by atoms with Crippen molar-refractivity contribution in [2.45, 2.75) is 6.92 Å². The maximum atomic E-state index is 12.0. The summed E-state index contributed by atoms with van der Waals surface area (Å²) in [5, 5.41) is 8.84. The number of aryl methyl sites for hydroxylation is 1. The Morgan fingerprint density at radius 3 is 2.64 bits per heavy atom. The van der Waals surface area contributed by atoms with Crippen molar-refractivity contribution in [3.05, 3.63) is 29.8 Å². The van der Waals surface area contributed by atoms with Gasteiger partial charge in [0.1, 0.15) is 0 Å². The molecule has 0 heterocycles. The summed E-state index contributed by atoms with van der Waals surface area (Å²) in [5.74, 6) is 0. The molecule has 0 saturated carbocycles. The van der Waals surface area contributed by atoms with Crippen LogP contribution >= 0.6 is 0 Å². The largest absolute Gasteiger partial charge is 0.316 e. The van der Waals surface area contributed by atoms with Crippen LogP contribution in [0.4, 0.5) is 10.1 Å². The zero-order valence-electron chi connectivity index (χ0n) is 6.19. The summed E-state index contributed by atoms with van der Waals surface area (Å²) >= 11 is 0. The Kier molecular flexibility index (Phi) is 2.21. The van der Waals surface area contributed by atoms with E-state index in [0.29, 0.717) is 5.69 Å². The van der Waals surface area contributed by atoms with Gasteiger partial charge in [-0.2, -0.15) is 4.39 Å². The molecule has 0 bridgehead atoms. The molecule has 2 nitrogen and oxygen atoms in total. The lowest BCUT2D eigenvalue weighted by molar-refractivity contribution is 0.791. The fourth-order valence-corrected chi connectivity index (χ4v) is 0.831. The van der Waals surface area contributed by atoms with E-state index in [-0.39, 0.29) is 0 Å². The van der Waals surface area contributed by atoms with Gasteiger partial charge in [-0.05, 0) is 18.6 Å². The van der Waals surface area contributed by atoms with E-state index in [4.69, 9.17) is 5.41 Å². The third kappa shape index (κ3) is 2.04. The monoisotopic (exact) mass is 152 g/mol. The predicted molar refractivity (Wildman–Crippen MR) is 43.6 cm³/mol. The lowest BCUT2D eigenvalue weighted by Crippen LogP contribution is -2.04. The molecule has 0 unspecified atom stereocenters. The molecule has 1 aromatic carbocycles. The van der Waals surface area contributed by atoms with E-state index in [1.54, 1.807) is 12.1 Å². The molecular weight excluding hydrogens is 143 g/mol. The maximum absolute atomic E-state index is 12.0. The fraction of sp³-hybridized carbons (Fsp3) is 0.125. The van der Waals surface area contributed by atoms with Crippen LogP contribution in [0.25, 0.3) is 0 Å². The summed E-state index contributed by atoms with van der Waals surface area (Å²) in [4.78, 5) is 0. The number of nitrogens with one attached hydrogen (secondary N) is 2. The van der Waals surface area contributed by atoms with Gasteiger partial charge in [-0.25, -0.2) is 0 Å². The van der Waals surface area contributed by atoms with Crippen LogP contribution in [-0.4, -0.2) is 6.09 Å². The predicted octanol–water partition coefficient (Wildman–Crippen LogP) is 2.31. The Hall–Kier alpha value is -1.38. The highest BCUT2D eigenvalue weighted by Gasteiger charge is 1.96. The van der Waals surface area contributed by atoms with Crippen LogP contribution < -0.4 is 5.32 Å². The van der Waals surface area contributed by atoms with Crippen molar-refractivity contribution in [1.29, 1.82) is 5.41 Å². The molecule has 0 saturated heterocycles. The summed E-state index contributed by atoms with van der Waals surface area (Å²) < 4.78 is 12.0. The molecule has 11 heavy (non-hydrogen) atoms. The molecule has 0 fully saturated rings. The SMILES string of the molecule is Cc1ccccc1NC(=N)F. The smallest absolute Gasteiger partial charge is 0.279 e. The van der Waals surface area contributed by atoms with Crippen LogP contribution in [0.2, 0.25) is 0 Å². The van der Waals surface area contributed by atoms with Gasteiger partial charge in [0, 0.05) is 5.69 Å². The molecule has 0 aromatic heterocycles. The van der Waals surface area contributed by atoms with E-state index < -0.39 is 6.09 Å². The van der Waals surface area contributed by atoms with Gasteiger partial charge in [-0.1, -0.05) is 18.2 Å². The summed E-state index contributed by atoms with van der Waals surface area (Å²) in [5.41, 5.74) is 1.56. The summed E-state index contributed by atoms with van der Waals surface area (Å²) in [6.07, 6.45) is -1.03. The molecule has 58 valence electrons. The van der Waals surface area contributed by atoms with Crippen LogP contribution in [-0.2, 0) is 0 Å². The van der Waals surface area contributed by atoms with E-state index >= 15 is 0 Å². The average Bonchev–Trinajstić information content (AvgIpc) is 1.93. The van der Waals surface area contributed by atoms with Gasteiger partial charge in [0.05, 0.1) is 0 Å². The van der Waals surface area contributed by atoms with Gasteiger partial charge in [-0.15, -0.1) is 0 Å². The van der Waals surface area contributed by atoms with Gasteiger partial charge in [0.25, 0.3) is 6.09 Å². The zero-order valence-corrected chi connectivity index (χ0v) is 6.19. The molecule has 0 atom stereocenters. The Morgan fingerprint density at radius 1 is 1.45 bits per heavy atom. The topological polar surface area (TPSA) is 35.9 Å². The summed E-state index contributed by atoms with van der Waals surface area (Å²) in [6.45, 7) is 1.85. The number of benzene rings is 1. The zero-order chi connectivity index (χ0) is 8.27. The first-order valence-corrected chi connectivity index (χ1v) is 3.27. The van der Waals surface area contributed by atoms with Crippen LogP contribution in [0.15, 0.2) is 24.3 Å². The first-order chi connectivity index (χ1) is 5.20. The van der Waals surface area contributed by atoms with Crippen molar-refractivity contribution in [1.82, 2.24) is 0 Å². The quantitative estimate of drug-likeness (QED) is 0.361. The Morgan fingerprint density at radius 2 is 2.09 bits per heavy atom. The molecule has 1 aromatic rings. The van der Waals surface area contributed by atoms with Crippen molar-refractivity contribution < 1.29 is 4.39 Å². The minimum atomic E-state index is -1.03. The molecule has 2 N–H and O–H groups in total. The van der Waals surface area contributed by atoms with Crippen LogP contribution in [0, 0.1) is 12.3 Å². The van der Waals surface area contributed by atoms with Crippen molar-refractivity contribution in [2.24, 2.45) is 0 Å². The van der Waals surface area contributed by atoms with Crippen molar-refractivity contribution in [3.8, 4) is 0 Å². The van der Waals surface area contributed by atoms with Crippen LogP contribution in [0.1, 0.15) is 5.56 Å². The first-order valence-electron chi connectivity index (χ1n) is 3.27. The van der Waals surface area contributed by atoms with Crippen molar-refractivity contribution in [2.75, 3.05) is 5.32 Å². The molecule has 0 amide bonds. The van der Waals surface area contributed by atoms with Crippen molar-refractivity contribution in [3.63, 3.8) is 0 Å². The second-order valence-electron chi connectivity index (χ2n) is 2.25. The lowest BCUT2D eigenvalue weighted by Gasteiger charge is -2.03. The van der Waals surface area contributed by atoms with Crippen LogP contribution in [0.3, 0.4) is 0 Å². The van der Waals surface area contributed by atoms with E-state index in [2.05, 4.69) is 5.32 Å². The second-order valence-corrected chi connectivity index (χ2v) is 2.25. The third-order valence-electron chi connectivity index (χ3n) is 1.39. The molecule has 0 spiro atoms. The average molecular weight is 152 g/mol. The number of hydrogen-bond acceptors (Lipinski definition) is 1. The highest BCUT2D eigenvalue weighted by molar-refractivity contribution is 5.86. The Balaban J connectivity index is 2.86. The number of hydrogen-bond donors (Lipinski definition) is 2. The molecule has 3 heteroatoms. The normalized spacial score (nSPS) is 9.27. The van der Waals surface area contributed by atoms with E-state index in [9.17, 15) is 4.39 Å². The Labute approximate surface area is 64.6 Å². The standard InChI is InChI=1S/C8H9FN2/c1-6-4-2-3-5-7(6)11-8(9)10/h2-5H,1H3,(H2,10,11). The van der Waals surface area contributed by atoms with Gasteiger partial charge < -0.3 is 5.32 Å². The summed E-state index contributed by atoms with van der Waals surface area (Å²) in [7, 11) is 0. The van der Waals surface area contributed by atoms with E-state index in [1.807, 2.05) is 19.1 Å². The second kappa shape index (κ2) is 3.14. The van der Waals surface area contributed by atoms with Gasteiger partial charge in [-0.3, -0.25) is 5.41 Å². The highest BCUT2D eigenvalue weighted by atomic mass is 19.1. The van der Waals surface area contributed by atoms with Gasteiger partial charge >= 0.3 is 0 Å². The van der Waals surface area contributed by atoms with E-state index in [1.165, 1.54) is 0 Å². The first kappa shape index (κ1) is 7.72. The molecule has 0 aliphatic carbocycles. The molecule has 1 rings (SSSR count). The van der Waals surface area contributed by atoms with E-state index in [0.717, 1.165) is 5.56 Å².